The highest BCUT2D eigenvalue weighted by Gasteiger charge is 2.34. The third-order valence-corrected chi connectivity index (χ3v) is 3.07. The van der Waals surface area contributed by atoms with Gasteiger partial charge in [0.25, 0.3) is 0 Å². The monoisotopic (exact) mass is 379 g/mol. The number of nitrogen functional groups attached to an aromatic ring is 1. The Bertz CT molecular complexity index is 581. The van der Waals surface area contributed by atoms with Crippen LogP contribution in [0.15, 0.2) is 42.5 Å². The first-order chi connectivity index (χ1) is 8.86. The van der Waals surface area contributed by atoms with Crippen molar-refractivity contribution < 1.29 is 17.9 Å². The van der Waals surface area contributed by atoms with E-state index in [2.05, 4.69) is 22.6 Å². The van der Waals surface area contributed by atoms with E-state index in [-0.39, 0.29) is 11.4 Å². The second-order valence-corrected chi connectivity index (χ2v) is 5.05. The van der Waals surface area contributed by atoms with Gasteiger partial charge in [-0.2, -0.15) is 13.2 Å². The van der Waals surface area contributed by atoms with Crippen molar-refractivity contribution in [3.05, 3.63) is 51.6 Å². The van der Waals surface area contributed by atoms with Gasteiger partial charge in [0.15, 0.2) is 0 Å². The van der Waals surface area contributed by atoms with Crippen molar-refractivity contribution in [1.82, 2.24) is 0 Å². The number of benzene rings is 2. The molecular weight excluding hydrogens is 370 g/mol. The van der Waals surface area contributed by atoms with Crippen LogP contribution in [0, 0.1) is 3.57 Å². The molecule has 2 rings (SSSR count). The molecule has 0 unspecified atom stereocenters. The SMILES string of the molecule is Nc1ccc(Oc2ccc(I)cc2)c(C(F)(F)F)c1. The fourth-order valence-electron chi connectivity index (χ4n) is 1.49. The van der Waals surface area contributed by atoms with Gasteiger partial charge >= 0.3 is 6.18 Å². The molecular formula is C13H9F3INO. The molecule has 0 heterocycles. The zero-order chi connectivity index (χ0) is 14.0. The van der Waals surface area contributed by atoms with Crippen molar-refractivity contribution in [2.24, 2.45) is 0 Å². The minimum absolute atomic E-state index is 0.0438. The molecule has 0 bridgehead atoms. The number of hydrogen-bond donors (Lipinski definition) is 1. The third kappa shape index (κ3) is 3.52. The standard InChI is InChI=1S/C13H9F3INO/c14-13(15,16)11-7-9(18)3-6-12(11)19-10-4-1-8(17)2-5-10/h1-7H,18H2. The quantitative estimate of drug-likeness (QED) is 0.607. The lowest BCUT2D eigenvalue weighted by molar-refractivity contribution is -0.138. The molecule has 100 valence electrons. The molecule has 0 fully saturated rings. The number of alkyl halides is 3. The fourth-order valence-corrected chi connectivity index (χ4v) is 1.85. The zero-order valence-electron chi connectivity index (χ0n) is 9.54. The zero-order valence-corrected chi connectivity index (χ0v) is 11.7. The van der Waals surface area contributed by atoms with Gasteiger partial charge in [0, 0.05) is 9.26 Å². The highest BCUT2D eigenvalue weighted by atomic mass is 127. The lowest BCUT2D eigenvalue weighted by atomic mass is 10.1. The first-order valence-electron chi connectivity index (χ1n) is 5.26. The second-order valence-electron chi connectivity index (χ2n) is 3.81. The van der Waals surface area contributed by atoms with Crippen LogP contribution in [-0.4, -0.2) is 0 Å². The average Bonchev–Trinajstić information content (AvgIpc) is 2.33. The maximum atomic E-state index is 12.9. The summed E-state index contributed by atoms with van der Waals surface area (Å²) < 4.78 is 44.8. The normalized spacial score (nSPS) is 11.4. The van der Waals surface area contributed by atoms with E-state index in [1.54, 1.807) is 24.3 Å². The summed E-state index contributed by atoms with van der Waals surface area (Å²) in [5, 5.41) is 0. The maximum Gasteiger partial charge on any atom is 0.420 e. The van der Waals surface area contributed by atoms with Gasteiger partial charge in [-0.3, -0.25) is 0 Å². The summed E-state index contributed by atoms with van der Waals surface area (Å²) in [7, 11) is 0. The highest BCUT2D eigenvalue weighted by Crippen LogP contribution is 2.39. The molecule has 2 nitrogen and oxygen atoms in total. The Morgan fingerprint density at radius 1 is 1.00 bits per heavy atom. The Morgan fingerprint density at radius 3 is 2.21 bits per heavy atom. The molecule has 2 aromatic carbocycles. The van der Waals surface area contributed by atoms with Crippen molar-refractivity contribution in [3.63, 3.8) is 0 Å². The average molecular weight is 379 g/mol. The largest absolute Gasteiger partial charge is 0.457 e. The van der Waals surface area contributed by atoms with Crippen LogP contribution in [0.4, 0.5) is 18.9 Å². The molecule has 0 aliphatic rings. The number of hydrogen-bond acceptors (Lipinski definition) is 2. The molecule has 0 saturated carbocycles. The van der Waals surface area contributed by atoms with Crippen LogP contribution in [0.1, 0.15) is 5.56 Å². The van der Waals surface area contributed by atoms with Crippen LogP contribution in [0.3, 0.4) is 0 Å². The molecule has 19 heavy (non-hydrogen) atoms. The van der Waals surface area contributed by atoms with Gasteiger partial charge in [-0.05, 0) is 65.1 Å². The lowest BCUT2D eigenvalue weighted by Gasteiger charge is -2.14. The summed E-state index contributed by atoms with van der Waals surface area (Å²) >= 11 is 2.10. The predicted molar refractivity (Wildman–Crippen MR) is 75.1 cm³/mol. The van der Waals surface area contributed by atoms with E-state index in [4.69, 9.17) is 10.5 Å². The number of ether oxygens (including phenoxy) is 1. The number of nitrogens with two attached hydrogens (primary N) is 1. The molecule has 0 aliphatic carbocycles. The van der Waals surface area contributed by atoms with Gasteiger partial charge < -0.3 is 10.5 Å². The highest BCUT2D eigenvalue weighted by molar-refractivity contribution is 14.1. The van der Waals surface area contributed by atoms with Gasteiger partial charge in [0.1, 0.15) is 17.1 Å². The van der Waals surface area contributed by atoms with Crippen LogP contribution in [0.5, 0.6) is 11.5 Å². The van der Waals surface area contributed by atoms with Crippen LogP contribution in [-0.2, 0) is 6.18 Å². The van der Waals surface area contributed by atoms with Gasteiger partial charge in [-0.15, -0.1) is 0 Å². The van der Waals surface area contributed by atoms with Crippen LogP contribution in [0.25, 0.3) is 0 Å². The van der Waals surface area contributed by atoms with Gasteiger partial charge in [0.2, 0.25) is 0 Å². The molecule has 0 spiro atoms. The molecule has 0 amide bonds. The van der Waals surface area contributed by atoms with Crippen molar-refractivity contribution in [1.29, 1.82) is 0 Å². The fraction of sp³-hybridized carbons (Fsp3) is 0.0769. The van der Waals surface area contributed by atoms with Gasteiger partial charge in [-0.1, -0.05) is 0 Å². The molecule has 6 heteroatoms. The molecule has 0 aromatic heterocycles. The third-order valence-electron chi connectivity index (χ3n) is 2.35. The summed E-state index contributed by atoms with van der Waals surface area (Å²) in [5.74, 6) is 0.0820. The summed E-state index contributed by atoms with van der Waals surface area (Å²) in [6.07, 6.45) is -4.51. The first-order valence-corrected chi connectivity index (χ1v) is 6.34. The summed E-state index contributed by atoms with van der Waals surface area (Å²) in [4.78, 5) is 0. The predicted octanol–water partition coefficient (Wildman–Crippen LogP) is 4.68. The molecule has 0 atom stereocenters. The van der Waals surface area contributed by atoms with E-state index in [1.165, 1.54) is 12.1 Å². The van der Waals surface area contributed by atoms with E-state index in [1.807, 2.05) is 0 Å². The minimum atomic E-state index is -4.51. The van der Waals surface area contributed by atoms with Crippen molar-refractivity contribution >= 4 is 28.3 Å². The molecule has 2 N–H and O–H groups in total. The molecule has 0 saturated heterocycles. The second kappa shape index (κ2) is 5.28. The minimum Gasteiger partial charge on any atom is -0.457 e. The smallest absolute Gasteiger partial charge is 0.420 e. The molecule has 0 aliphatic heterocycles. The van der Waals surface area contributed by atoms with Crippen LogP contribution < -0.4 is 10.5 Å². The summed E-state index contributed by atoms with van der Waals surface area (Å²) in [5.41, 5.74) is 4.54. The Hall–Kier alpha value is -1.44. The topological polar surface area (TPSA) is 35.2 Å². The Labute approximate surface area is 121 Å². The number of anilines is 1. The summed E-state index contributed by atoms with van der Waals surface area (Å²) in [6.45, 7) is 0. The van der Waals surface area contributed by atoms with E-state index in [9.17, 15) is 13.2 Å². The van der Waals surface area contributed by atoms with Crippen molar-refractivity contribution in [3.8, 4) is 11.5 Å². The van der Waals surface area contributed by atoms with Gasteiger partial charge in [0.05, 0.1) is 0 Å². The van der Waals surface area contributed by atoms with Crippen molar-refractivity contribution in [2.45, 2.75) is 6.18 Å². The van der Waals surface area contributed by atoms with E-state index < -0.39 is 11.7 Å². The number of rotatable bonds is 2. The van der Waals surface area contributed by atoms with Crippen molar-refractivity contribution in [2.75, 3.05) is 5.73 Å². The maximum absolute atomic E-state index is 12.9. The van der Waals surface area contributed by atoms with Crippen LogP contribution >= 0.6 is 22.6 Å². The van der Waals surface area contributed by atoms with E-state index in [0.29, 0.717) is 5.75 Å². The Morgan fingerprint density at radius 2 is 1.63 bits per heavy atom. The Kier molecular flexibility index (Phi) is 3.88. The van der Waals surface area contributed by atoms with Crippen LogP contribution in [0.2, 0.25) is 0 Å². The molecule has 2 aromatic rings. The number of halogens is 4. The Balaban J connectivity index is 2.37. The van der Waals surface area contributed by atoms with Gasteiger partial charge in [-0.25, -0.2) is 0 Å². The first kappa shape index (κ1) is 14.0. The van der Waals surface area contributed by atoms with E-state index >= 15 is 0 Å². The lowest BCUT2D eigenvalue weighted by Crippen LogP contribution is -2.08. The molecule has 0 radical (unpaired) electrons. The van der Waals surface area contributed by atoms with E-state index in [0.717, 1.165) is 9.64 Å². The summed E-state index contributed by atoms with van der Waals surface area (Å²) in [6, 6.07) is 10.2.